The van der Waals surface area contributed by atoms with Gasteiger partial charge in [-0.2, -0.15) is 0 Å². The van der Waals surface area contributed by atoms with Crippen molar-refractivity contribution in [1.82, 2.24) is 0 Å². The fraction of sp³-hybridized carbons (Fsp3) is 0. The van der Waals surface area contributed by atoms with Crippen LogP contribution in [0.3, 0.4) is 0 Å². The van der Waals surface area contributed by atoms with Crippen molar-refractivity contribution in [2.45, 2.75) is 0 Å². The molecule has 0 unspecified atom stereocenters. The Bertz CT molecular complexity index is 266. The number of guanidine groups is 1. The first kappa shape index (κ1) is 11.9. The van der Waals surface area contributed by atoms with Crippen LogP contribution in [0.4, 0.5) is 0 Å². The van der Waals surface area contributed by atoms with E-state index in [4.69, 9.17) is 34.7 Å². The lowest BCUT2D eigenvalue weighted by atomic mass is 10.4. The molecule has 0 saturated heterocycles. The molecule has 0 aliphatic heterocycles. The van der Waals surface area contributed by atoms with Gasteiger partial charge in [-0.25, -0.2) is 0 Å². The average molecular weight is 221 g/mol. The zero-order valence-corrected chi connectivity index (χ0v) is 8.26. The first-order valence-electron chi connectivity index (χ1n) is 3.26. The van der Waals surface area contributed by atoms with Crippen LogP contribution in [0.15, 0.2) is 29.4 Å². The molecule has 1 rings (SSSR count). The zero-order chi connectivity index (χ0) is 10.3. The molecule has 0 amide bonds. The van der Waals surface area contributed by atoms with Gasteiger partial charge in [0.05, 0.1) is 0 Å². The maximum absolute atomic E-state index is 5.56. The van der Waals surface area contributed by atoms with E-state index in [0.29, 0.717) is 10.0 Å². The van der Waals surface area contributed by atoms with Crippen LogP contribution >= 0.6 is 23.2 Å². The standard InChI is InChI=1S/C6H4Cl2.CH6N4/c7-5-2-1-3-6(8)4-5;2-1(3)5-4/h1-4H;4H2,(H4,2,3,5). The van der Waals surface area contributed by atoms with Crippen LogP contribution in [-0.4, -0.2) is 5.96 Å². The molecule has 0 radical (unpaired) electrons. The SMILES string of the molecule is Clc1cccc(Cl)c1.NN=C(N)N. The number of benzene rings is 1. The third kappa shape index (κ3) is 7.24. The van der Waals surface area contributed by atoms with Crippen molar-refractivity contribution in [2.24, 2.45) is 22.4 Å². The molecule has 4 nitrogen and oxygen atoms in total. The molecule has 0 aliphatic carbocycles. The summed E-state index contributed by atoms with van der Waals surface area (Å²) in [4.78, 5) is 0. The van der Waals surface area contributed by atoms with Crippen molar-refractivity contribution < 1.29 is 0 Å². The number of hydrazone groups is 1. The van der Waals surface area contributed by atoms with Crippen LogP contribution in [0.1, 0.15) is 0 Å². The summed E-state index contributed by atoms with van der Waals surface area (Å²) in [6.45, 7) is 0. The van der Waals surface area contributed by atoms with E-state index in [1.165, 1.54) is 0 Å². The predicted octanol–water partition coefficient (Wildman–Crippen LogP) is 1.13. The fourth-order valence-corrected chi connectivity index (χ4v) is 0.896. The molecule has 0 aromatic heterocycles. The van der Waals surface area contributed by atoms with Crippen molar-refractivity contribution in [3.63, 3.8) is 0 Å². The minimum absolute atomic E-state index is 0.0926. The summed E-state index contributed by atoms with van der Waals surface area (Å²) in [5.41, 5.74) is 9.39. The first-order valence-corrected chi connectivity index (χ1v) is 4.01. The second kappa shape index (κ2) is 6.39. The minimum atomic E-state index is -0.0926. The average Bonchev–Trinajstić information content (AvgIpc) is 2.05. The minimum Gasteiger partial charge on any atom is -0.369 e. The van der Waals surface area contributed by atoms with Gasteiger partial charge in [0.2, 0.25) is 5.96 Å². The molecule has 0 saturated carbocycles. The van der Waals surface area contributed by atoms with Gasteiger partial charge in [0.25, 0.3) is 0 Å². The summed E-state index contributed by atoms with van der Waals surface area (Å²) in [6.07, 6.45) is 0. The molecule has 0 spiro atoms. The molecule has 6 N–H and O–H groups in total. The highest BCUT2D eigenvalue weighted by molar-refractivity contribution is 6.34. The molecule has 13 heavy (non-hydrogen) atoms. The number of nitrogens with zero attached hydrogens (tertiary/aromatic N) is 1. The highest BCUT2D eigenvalue weighted by Gasteiger charge is 1.84. The number of hydrogen-bond donors (Lipinski definition) is 3. The second-order valence-electron chi connectivity index (χ2n) is 1.99. The van der Waals surface area contributed by atoms with Gasteiger partial charge in [-0.3, -0.25) is 0 Å². The van der Waals surface area contributed by atoms with Gasteiger partial charge < -0.3 is 17.3 Å². The number of nitrogens with two attached hydrogens (primary N) is 3. The maximum atomic E-state index is 5.56. The lowest BCUT2D eigenvalue weighted by Crippen LogP contribution is -2.23. The lowest BCUT2D eigenvalue weighted by Gasteiger charge is -1.86. The Hall–Kier alpha value is -1.13. The van der Waals surface area contributed by atoms with E-state index in [2.05, 4.69) is 10.9 Å². The van der Waals surface area contributed by atoms with Gasteiger partial charge in [0, 0.05) is 10.0 Å². The topological polar surface area (TPSA) is 90.4 Å². The van der Waals surface area contributed by atoms with Gasteiger partial charge in [-0.05, 0) is 18.2 Å². The van der Waals surface area contributed by atoms with E-state index in [1.54, 1.807) is 18.2 Å². The van der Waals surface area contributed by atoms with E-state index >= 15 is 0 Å². The van der Waals surface area contributed by atoms with E-state index in [9.17, 15) is 0 Å². The van der Waals surface area contributed by atoms with Crippen LogP contribution < -0.4 is 17.3 Å². The molecule has 1 aromatic rings. The summed E-state index contributed by atoms with van der Waals surface area (Å²) in [5.74, 6) is 4.42. The highest BCUT2D eigenvalue weighted by Crippen LogP contribution is 2.13. The molecule has 0 fully saturated rings. The summed E-state index contributed by atoms with van der Waals surface area (Å²) in [6, 6.07) is 7.08. The second-order valence-corrected chi connectivity index (χ2v) is 2.87. The summed E-state index contributed by atoms with van der Waals surface area (Å²) >= 11 is 11.1. The third-order valence-corrected chi connectivity index (χ3v) is 1.41. The lowest BCUT2D eigenvalue weighted by molar-refractivity contribution is 1.21. The Labute approximate surface area is 86.3 Å². The first-order chi connectivity index (χ1) is 6.06. The van der Waals surface area contributed by atoms with Crippen LogP contribution in [0.5, 0.6) is 0 Å². The quantitative estimate of drug-likeness (QED) is 0.265. The smallest absolute Gasteiger partial charge is 0.208 e. The Balaban J connectivity index is 0.000000252. The van der Waals surface area contributed by atoms with Crippen molar-refractivity contribution >= 4 is 29.2 Å². The van der Waals surface area contributed by atoms with Gasteiger partial charge in [-0.1, -0.05) is 29.3 Å². The van der Waals surface area contributed by atoms with Crippen molar-refractivity contribution in [3.8, 4) is 0 Å². The van der Waals surface area contributed by atoms with Gasteiger partial charge >= 0.3 is 0 Å². The molecular weight excluding hydrogens is 211 g/mol. The largest absolute Gasteiger partial charge is 0.369 e. The number of halogens is 2. The molecule has 0 atom stereocenters. The number of hydrogen-bond acceptors (Lipinski definition) is 2. The molecule has 0 bridgehead atoms. The Morgan fingerprint density at radius 2 is 1.54 bits per heavy atom. The summed E-state index contributed by atoms with van der Waals surface area (Å²) in [5, 5.41) is 4.22. The van der Waals surface area contributed by atoms with E-state index in [0.717, 1.165) is 0 Å². The Morgan fingerprint density at radius 1 is 1.15 bits per heavy atom. The highest BCUT2D eigenvalue weighted by atomic mass is 35.5. The van der Waals surface area contributed by atoms with Gasteiger partial charge in [0.1, 0.15) is 0 Å². The summed E-state index contributed by atoms with van der Waals surface area (Å²) in [7, 11) is 0. The normalized spacial score (nSPS) is 8.15. The van der Waals surface area contributed by atoms with Crippen LogP contribution in [0.2, 0.25) is 10.0 Å². The Kier molecular flexibility index (Phi) is 5.84. The molecule has 0 heterocycles. The Morgan fingerprint density at radius 3 is 1.69 bits per heavy atom. The van der Waals surface area contributed by atoms with E-state index in [1.807, 2.05) is 6.07 Å². The molecule has 1 aromatic carbocycles. The van der Waals surface area contributed by atoms with Crippen LogP contribution in [-0.2, 0) is 0 Å². The fourth-order valence-electron chi connectivity index (χ4n) is 0.460. The van der Waals surface area contributed by atoms with Crippen molar-refractivity contribution in [1.29, 1.82) is 0 Å². The van der Waals surface area contributed by atoms with Gasteiger partial charge in [0.15, 0.2) is 0 Å². The van der Waals surface area contributed by atoms with Gasteiger partial charge in [-0.15, -0.1) is 5.10 Å². The predicted molar refractivity (Wildman–Crippen MR) is 56.5 cm³/mol. The van der Waals surface area contributed by atoms with Crippen molar-refractivity contribution in [2.75, 3.05) is 0 Å². The monoisotopic (exact) mass is 220 g/mol. The van der Waals surface area contributed by atoms with Crippen molar-refractivity contribution in [3.05, 3.63) is 34.3 Å². The van der Waals surface area contributed by atoms with Crippen LogP contribution in [0, 0.1) is 0 Å². The molecule has 72 valence electrons. The van der Waals surface area contributed by atoms with Crippen LogP contribution in [0.25, 0.3) is 0 Å². The summed E-state index contributed by atoms with van der Waals surface area (Å²) < 4.78 is 0. The molecular formula is C7H10Cl2N4. The number of rotatable bonds is 0. The molecule has 6 heteroatoms. The molecule has 0 aliphatic rings. The van der Waals surface area contributed by atoms with E-state index < -0.39 is 0 Å². The zero-order valence-electron chi connectivity index (χ0n) is 6.74. The maximum Gasteiger partial charge on any atom is 0.208 e. The third-order valence-electron chi connectivity index (χ3n) is 0.936. The van der Waals surface area contributed by atoms with E-state index in [-0.39, 0.29) is 5.96 Å².